The van der Waals surface area contributed by atoms with Crippen LogP contribution in [0.15, 0.2) is 0 Å². The van der Waals surface area contributed by atoms with Gasteiger partial charge in [-0.2, -0.15) is 0 Å². The summed E-state index contributed by atoms with van der Waals surface area (Å²) in [4.78, 5) is 27.9. The average molecular weight is 269 g/mol. The smallest absolute Gasteiger partial charge is 0.326 e. The minimum atomic E-state index is -1.03. The van der Waals surface area contributed by atoms with Gasteiger partial charge in [-0.3, -0.25) is 5.32 Å². The summed E-state index contributed by atoms with van der Waals surface area (Å²) in [5, 5.41) is 14.3. The Labute approximate surface area is 108 Å². The van der Waals surface area contributed by atoms with Crippen molar-refractivity contribution in [3.05, 3.63) is 10.6 Å². The zero-order valence-electron chi connectivity index (χ0n) is 10.0. The summed E-state index contributed by atoms with van der Waals surface area (Å²) in [6.45, 7) is 1.71. The number of rotatable bonds is 4. The average Bonchev–Trinajstić information content (AvgIpc) is 2.85. The van der Waals surface area contributed by atoms with E-state index >= 15 is 0 Å². The molecule has 0 unspecified atom stereocenters. The molecule has 0 spiro atoms. The Balaban J connectivity index is 1.92. The predicted octanol–water partition coefficient (Wildman–Crippen LogP) is 1.62. The largest absolute Gasteiger partial charge is 0.480 e. The SMILES string of the molecule is CC[C@H](NC(=O)Nc1nc2c(s1)CCC2)C(=O)O. The number of fused-ring (bicyclic) bond motifs is 1. The molecule has 2 rings (SSSR count). The molecule has 1 aliphatic carbocycles. The van der Waals surface area contributed by atoms with Crippen molar-refractivity contribution >= 4 is 28.5 Å². The molecule has 1 atom stereocenters. The fourth-order valence-electron chi connectivity index (χ4n) is 1.87. The first-order chi connectivity index (χ1) is 8.60. The van der Waals surface area contributed by atoms with Crippen LogP contribution in [0, 0.1) is 0 Å². The molecule has 3 N–H and O–H groups in total. The Morgan fingerprint density at radius 1 is 1.50 bits per heavy atom. The van der Waals surface area contributed by atoms with Gasteiger partial charge in [-0.05, 0) is 25.7 Å². The van der Waals surface area contributed by atoms with Crippen LogP contribution in [0.5, 0.6) is 0 Å². The van der Waals surface area contributed by atoms with Crippen LogP contribution in [0.25, 0.3) is 0 Å². The monoisotopic (exact) mass is 269 g/mol. The molecule has 7 heteroatoms. The van der Waals surface area contributed by atoms with Crippen molar-refractivity contribution < 1.29 is 14.7 Å². The molecule has 1 aromatic rings. The maximum absolute atomic E-state index is 11.6. The Morgan fingerprint density at radius 3 is 2.89 bits per heavy atom. The van der Waals surface area contributed by atoms with Gasteiger partial charge in [0.25, 0.3) is 0 Å². The number of hydrogen-bond donors (Lipinski definition) is 3. The first kappa shape index (κ1) is 12.8. The number of aryl methyl sites for hydroxylation is 2. The van der Waals surface area contributed by atoms with E-state index in [1.54, 1.807) is 6.92 Å². The number of urea groups is 1. The first-order valence-electron chi connectivity index (χ1n) is 5.89. The van der Waals surface area contributed by atoms with Gasteiger partial charge in [0.15, 0.2) is 5.13 Å². The molecule has 0 fully saturated rings. The van der Waals surface area contributed by atoms with Crippen LogP contribution in [-0.2, 0) is 17.6 Å². The van der Waals surface area contributed by atoms with Crippen LogP contribution >= 0.6 is 11.3 Å². The van der Waals surface area contributed by atoms with Crippen LogP contribution in [0.2, 0.25) is 0 Å². The number of carbonyl (C=O) groups excluding carboxylic acids is 1. The zero-order chi connectivity index (χ0) is 13.1. The molecule has 6 nitrogen and oxygen atoms in total. The Morgan fingerprint density at radius 2 is 2.28 bits per heavy atom. The molecular weight excluding hydrogens is 254 g/mol. The summed E-state index contributed by atoms with van der Waals surface area (Å²) in [7, 11) is 0. The lowest BCUT2D eigenvalue weighted by atomic mass is 10.2. The molecule has 18 heavy (non-hydrogen) atoms. The number of hydrogen-bond acceptors (Lipinski definition) is 4. The third-order valence-corrected chi connectivity index (χ3v) is 3.90. The molecular formula is C11H15N3O3S. The topological polar surface area (TPSA) is 91.3 Å². The second-order valence-corrected chi connectivity index (χ2v) is 5.22. The van der Waals surface area contributed by atoms with Crippen molar-refractivity contribution in [3.63, 3.8) is 0 Å². The maximum atomic E-state index is 11.6. The Hall–Kier alpha value is -1.63. The fourth-order valence-corrected chi connectivity index (χ4v) is 2.92. The lowest BCUT2D eigenvalue weighted by Crippen LogP contribution is -2.42. The molecule has 0 saturated heterocycles. The predicted molar refractivity (Wildman–Crippen MR) is 68.0 cm³/mol. The van der Waals surface area contributed by atoms with Crippen LogP contribution < -0.4 is 10.6 Å². The van der Waals surface area contributed by atoms with E-state index in [1.165, 1.54) is 16.2 Å². The zero-order valence-corrected chi connectivity index (χ0v) is 10.8. The fraction of sp³-hybridized carbons (Fsp3) is 0.545. The van der Waals surface area contributed by atoms with Crippen molar-refractivity contribution in [2.75, 3.05) is 5.32 Å². The number of aliphatic carboxylic acids is 1. The minimum Gasteiger partial charge on any atom is -0.480 e. The van der Waals surface area contributed by atoms with Gasteiger partial charge >= 0.3 is 12.0 Å². The van der Waals surface area contributed by atoms with E-state index in [-0.39, 0.29) is 0 Å². The number of aromatic nitrogens is 1. The third-order valence-electron chi connectivity index (χ3n) is 2.83. The van der Waals surface area contributed by atoms with Crippen LogP contribution in [0.3, 0.4) is 0 Å². The van der Waals surface area contributed by atoms with E-state index in [2.05, 4.69) is 15.6 Å². The van der Waals surface area contributed by atoms with E-state index in [1.807, 2.05) is 0 Å². The van der Waals surface area contributed by atoms with Crippen LogP contribution in [0.1, 0.15) is 30.3 Å². The molecule has 2 amide bonds. The summed E-state index contributed by atoms with van der Waals surface area (Å²) in [5.41, 5.74) is 1.06. The summed E-state index contributed by atoms with van der Waals surface area (Å²) >= 11 is 1.46. The normalized spacial score (nSPS) is 14.9. The number of carboxylic acids is 1. The number of nitrogens with one attached hydrogen (secondary N) is 2. The van der Waals surface area contributed by atoms with Crippen molar-refractivity contribution in [1.29, 1.82) is 0 Å². The lowest BCUT2D eigenvalue weighted by Gasteiger charge is -2.11. The number of nitrogens with zero attached hydrogens (tertiary/aromatic N) is 1. The van der Waals surface area contributed by atoms with E-state index in [4.69, 9.17) is 5.11 Å². The number of anilines is 1. The van der Waals surface area contributed by atoms with Gasteiger partial charge < -0.3 is 10.4 Å². The highest BCUT2D eigenvalue weighted by Crippen LogP contribution is 2.30. The van der Waals surface area contributed by atoms with Gasteiger partial charge in [0.1, 0.15) is 6.04 Å². The van der Waals surface area contributed by atoms with Gasteiger partial charge in [0, 0.05) is 4.88 Å². The second kappa shape index (κ2) is 5.34. The third kappa shape index (κ3) is 2.79. The molecule has 0 radical (unpaired) electrons. The standard InChI is InChI=1S/C11H15N3O3S/c1-2-6(9(15)16)12-10(17)14-11-13-7-4-3-5-8(7)18-11/h6H,2-5H2,1H3,(H,15,16)(H2,12,13,14,17)/t6-/m0/s1. The molecule has 1 aliphatic rings. The summed E-state index contributed by atoms with van der Waals surface area (Å²) < 4.78 is 0. The highest BCUT2D eigenvalue weighted by molar-refractivity contribution is 7.15. The highest BCUT2D eigenvalue weighted by Gasteiger charge is 2.20. The van der Waals surface area contributed by atoms with Gasteiger partial charge in [-0.25, -0.2) is 14.6 Å². The first-order valence-corrected chi connectivity index (χ1v) is 6.70. The van der Waals surface area contributed by atoms with Crippen molar-refractivity contribution in [3.8, 4) is 0 Å². The molecule has 1 aromatic heterocycles. The molecule has 0 bridgehead atoms. The quantitative estimate of drug-likeness (QED) is 0.774. The second-order valence-electron chi connectivity index (χ2n) is 4.14. The molecule has 0 saturated carbocycles. The molecule has 0 aliphatic heterocycles. The number of amides is 2. The van der Waals surface area contributed by atoms with Crippen molar-refractivity contribution in [2.45, 2.75) is 38.6 Å². The van der Waals surface area contributed by atoms with Gasteiger partial charge in [-0.15, -0.1) is 11.3 Å². The minimum absolute atomic E-state index is 0.344. The summed E-state index contributed by atoms with van der Waals surface area (Å²) in [6.07, 6.45) is 3.44. The number of thiazole rings is 1. The van der Waals surface area contributed by atoms with E-state index in [9.17, 15) is 9.59 Å². The van der Waals surface area contributed by atoms with Crippen molar-refractivity contribution in [2.24, 2.45) is 0 Å². The van der Waals surface area contributed by atoms with E-state index in [0.717, 1.165) is 25.0 Å². The van der Waals surface area contributed by atoms with Gasteiger partial charge in [0.05, 0.1) is 5.69 Å². The van der Waals surface area contributed by atoms with Gasteiger partial charge in [-0.1, -0.05) is 6.92 Å². The molecule has 0 aromatic carbocycles. The Bertz CT molecular complexity index is 451. The number of carbonyl (C=O) groups is 2. The summed E-state index contributed by atoms with van der Waals surface area (Å²) in [6, 6.07) is -1.38. The summed E-state index contributed by atoms with van der Waals surface area (Å²) in [5.74, 6) is -1.03. The Kier molecular flexibility index (Phi) is 3.81. The van der Waals surface area contributed by atoms with Crippen molar-refractivity contribution in [1.82, 2.24) is 10.3 Å². The van der Waals surface area contributed by atoms with Gasteiger partial charge in [0.2, 0.25) is 0 Å². The number of carboxylic acid groups (broad SMARTS) is 1. The van der Waals surface area contributed by atoms with E-state index < -0.39 is 18.0 Å². The highest BCUT2D eigenvalue weighted by atomic mass is 32.1. The molecule has 98 valence electrons. The van der Waals surface area contributed by atoms with E-state index in [0.29, 0.717) is 11.6 Å². The lowest BCUT2D eigenvalue weighted by molar-refractivity contribution is -0.139. The van der Waals surface area contributed by atoms with Crippen LogP contribution in [-0.4, -0.2) is 28.1 Å². The van der Waals surface area contributed by atoms with Crippen LogP contribution in [0.4, 0.5) is 9.93 Å². The maximum Gasteiger partial charge on any atom is 0.326 e. The molecule has 1 heterocycles.